The highest BCUT2D eigenvalue weighted by atomic mass is 32.1. The van der Waals surface area contributed by atoms with Crippen molar-refractivity contribution in [2.24, 2.45) is 0 Å². The van der Waals surface area contributed by atoms with Crippen LogP contribution in [0.1, 0.15) is 33.4 Å². The third kappa shape index (κ3) is 3.10. The molecular formula is C40H24S3. The van der Waals surface area contributed by atoms with E-state index in [1.165, 1.54) is 116 Å². The van der Waals surface area contributed by atoms with Crippen LogP contribution in [0.3, 0.4) is 0 Å². The van der Waals surface area contributed by atoms with Gasteiger partial charge in [0.2, 0.25) is 0 Å². The Bertz CT molecular complexity index is 2560. The minimum Gasteiger partial charge on any atom is -0.135 e. The fourth-order valence-electron chi connectivity index (χ4n) is 7.91. The highest BCUT2D eigenvalue weighted by Crippen LogP contribution is 2.49. The molecule has 6 aromatic carbocycles. The Labute approximate surface area is 260 Å². The van der Waals surface area contributed by atoms with Crippen LogP contribution in [-0.4, -0.2) is 0 Å². The summed E-state index contributed by atoms with van der Waals surface area (Å²) in [5, 5.41) is 8.48. The number of benzene rings is 6. The van der Waals surface area contributed by atoms with Gasteiger partial charge in [-0.3, -0.25) is 0 Å². The van der Waals surface area contributed by atoms with Gasteiger partial charge in [0.1, 0.15) is 0 Å². The predicted molar refractivity (Wildman–Crippen MR) is 191 cm³/mol. The van der Waals surface area contributed by atoms with Crippen molar-refractivity contribution >= 4 is 94.5 Å². The molecule has 202 valence electrons. The van der Waals surface area contributed by atoms with Crippen LogP contribution in [0, 0.1) is 13.8 Å². The zero-order valence-electron chi connectivity index (χ0n) is 23.7. The molecule has 9 aromatic rings. The summed E-state index contributed by atoms with van der Waals surface area (Å²) < 4.78 is 8.43. The van der Waals surface area contributed by atoms with E-state index < -0.39 is 0 Å². The lowest BCUT2D eigenvalue weighted by molar-refractivity contribution is 1.27. The Hall–Kier alpha value is -4.02. The molecule has 11 rings (SSSR count). The molecule has 3 heteroatoms. The lowest BCUT2D eigenvalue weighted by atomic mass is 10.00. The summed E-state index contributed by atoms with van der Waals surface area (Å²) >= 11 is 5.84. The molecule has 0 aliphatic heterocycles. The van der Waals surface area contributed by atoms with E-state index in [1.807, 2.05) is 34.0 Å². The number of thiophene rings is 3. The Balaban J connectivity index is 1.06. The monoisotopic (exact) mass is 600 g/mol. The maximum Gasteiger partial charge on any atom is 0.0361 e. The third-order valence-corrected chi connectivity index (χ3v) is 13.3. The molecule has 0 fully saturated rings. The smallest absolute Gasteiger partial charge is 0.0361 e. The van der Waals surface area contributed by atoms with Crippen molar-refractivity contribution in [3.63, 3.8) is 0 Å². The van der Waals surface area contributed by atoms with Gasteiger partial charge in [-0.15, -0.1) is 34.0 Å². The molecule has 3 aromatic heterocycles. The molecule has 3 heterocycles. The molecule has 0 atom stereocenters. The molecule has 0 radical (unpaired) electrons. The lowest BCUT2D eigenvalue weighted by Gasteiger charge is -2.03. The van der Waals surface area contributed by atoms with Gasteiger partial charge in [-0.2, -0.15) is 0 Å². The average molecular weight is 601 g/mol. The Morgan fingerprint density at radius 1 is 0.349 bits per heavy atom. The number of rotatable bonds is 0. The van der Waals surface area contributed by atoms with E-state index in [-0.39, 0.29) is 0 Å². The van der Waals surface area contributed by atoms with Gasteiger partial charge >= 0.3 is 0 Å². The van der Waals surface area contributed by atoms with Crippen molar-refractivity contribution in [3.8, 4) is 22.3 Å². The molecule has 0 unspecified atom stereocenters. The first-order valence-electron chi connectivity index (χ1n) is 15.0. The summed E-state index contributed by atoms with van der Waals surface area (Å²) in [5.74, 6) is 0. The van der Waals surface area contributed by atoms with Crippen molar-refractivity contribution in [2.75, 3.05) is 0 Å². The number of aryl methyl sites for hydroxylation is 2. The molecule has 0 bridgehead atoms. The fraction of sp³-hybridized carbons (Fsp3) is 0.100. The van der Waals surface area contributed by atoms with Gasteiger partial charge in [-0.25, -0.2) is 0 Å². The maximum absolute atomic E-state index is 2.51. The minimum atomic E-state index is 1.03. The van der Waals surface area contributed by atoms with Gasteiger partial charge in [-0.1, -0.05) is 24.3 Å². The normalized spacial score (nSPS) is 13.6. The lowest BCUT2D eigenvalue weighted by Crippen LogP contribution is -1.82. The molecule has 0 saturated heterocycles. The zero-order valence-corrected chi connectivity index (χ0v) is 26.2. The topological polar surface area (TPSA) is 0 Å². The van der Waals surface area contributed by atoms with Crippen LogP contribution < -0.4 is 0 Å². The van der Waals surface area contributed by atoms with Gasteiger partial charge in [0.15, 0.2) is 0 Å². The van der Waals surface area contributed by atoms with Crippen LogP contribution >= 0.6 is 34.0 Å². The van der Waals surface area contributed by atoms with Gasteiger partial charge in [0.05, 0.1) is 0 Å². The quantitative estimate of drug-likeness (QED) is 0.162. The first-order valence-corrected chi connectivity index (χ1v) is 17.4. The number of fused-ring (bicyclic) bond motifs is 15. The van der Waals surface area contributed by atoms with Crippen molar-refractivity contribution in [3.05, 3.63) is 118 Å². The summed E-state index contributed by atoms with van der Waals surface area (Å²) in [6.45, 7) is 4.38. The largest absolute Gasteiger partial charge is 0.135 e. The standard InChI is InChI=1S/C40H24S3/c1-19-3-5-25-31-11-21-9-23-13-33-34-14-24-10-22-12-32-26-6-4-20(2)8-36(26)42-38(32)16-28(22)30(24)18-40(34)43-39(33)17-29(23)27(21)15-37(31)41-35(25)7-19/h3-8,11-18H,9-10H2,1-2H3. The highest BCUT2D eigenvalue weighted by molar-refractivity contribution is 7.26. The van der Waals surface area contributed by atoms with Crippen LogP contribution in [-0.2, 0) is 12.8 Å². The second-order valence-electron chi connectivity index (χ2n) is 12.7. The van der Waals surface area contributed by atoms with Crippen molar-refractivity contribution < 1.29 is 0 Å². The molecule has 2 aliphatic rings. The summed E-state index contributed by atoms with van der Waals surface area (Å²) in [6.07, 6.45) is 2.05. The molecular weight excluding hydrogens is 577 g/mol. The first-order chi connectivity index (χ1) is 21.0. The summed E-state index contributed by atoms with van der Waals surface area (Å²) in [5.41, 5.74) is 14.3. The predicted octanol–water partition coefficient (Wildman–Crippen LogP) is 12.5. The summed E-state index contributed by atoms with van der Waals surface area (Å²) in [6, 6.07) is 33.7. The van der Waals surface area contributed by atoms with E-state index >= 15 is 0 Å². The fourth-order valence-corrected chi connectivity index (χ4v) is 11.5. The highest BCUT2D eigenvalue weighted by Gasteiger charge is 2.25. The molecule has 0 nitrogen and oxygen atoms in total. The van der Waals surface area contributed by atoms with Crippen molar-refractivity contribution in [1.82, 2.24) is 0 Å². The van der Waals surface area contributed by atoms with Gasteiger partial charge in [0.25, 0.3) is 0 Å². The number of hydrogen-bond acceptors (Lipinski definition) is 3. The Kier molecular flexibility index (Phi) is 4.32. The van der Waals surface area contributed by atoms with E-state index in [4.69, 9.17) is 0 Å². The van der Waals surface area contributed by atoms with Gasteiger partial charge < -0.3 is 0 Å². The average Bonchev–Trinajstić information content (AvgIpc) is 3.78. The van der Waals surface area contributed by atoms with E-state index in [2.05, 4.69) is 98.8 Å². The second kappa shape index (κ2) is 7.92. The first kappa shape index (κ1) is 23.4. The summed E-state index contributed by atoms with van der Waals surface area (Å²) in [7, 11) is 0. The molecule has 2 aliphatic carbocycles. The number of hydrogen-bond donors (Lipinski definition) is 0. The minimum absolute atomic E-state index is 1.03. The Morgan fingerprint density at radius 3 is 1.00 bits per heavy atom. The Morgan fingerprint density at radius 2 is 0.651 bits per heavy atom. The van der Waals surface area contributed by atoms with Crippen LogP contribution in [0.2, 0.25) is 0 Å². The van der Waals surface area contributed by atoms with Crippen LogP contribution in [0.25, 0.3) is 82.8 Å². The van der Waals surface area contributed by atoms with E-state index in [0.29, 0.717) is 0 Å². The summed E-state index contributed by atoms with van der Waals surface area (Å²) in [4.78, 5) is 0. The zero-order chi connectivity index (χ0) is 28.1. The molecule has 0 spiro atoms. The molecule has 0 N–H and O–H groups in total. The van der Waals surface area contributed by atoms with Crippen LogP contribution in [0.5, 0.6) is 0 Å². The maximum atomic E-state index is 2.51. The van der Waals surface area contributed by atoms with Gasteiger partial charge in [0, 0.05) is 60.5 Å². The second-order valence-corrected chi connectivity index (χ2v) is 15.9. The van der Waals surface area contributed by atoms with E-state index in [9.17, 15) is 0 Å². The van der Waals surface area contributed by atoms with Crippen LogP contribution in [0.15, 0.2) is 84.9 Å². The third-order valence-electron chi connectivity index (χ3n) is 9.97. The molecule has 0 amide bonds. The molecule has 43 heavy (non-hydrogen) atoms. The van der Waals surface area contributed by atoms with Gasteiger partial charge in [-0.05, 0) is 143 Å². The van der Waals surface area contributed by atoms with Crippen molar-refractivity contribution in [1.29, 1.82) is 0 Å². The molecule has 0 saturated carbocycles. The van der Waals surface area contributed by atoms with Crippen LogP contribution in [0.4, 0.5) is 0 Å². The SMILES string of the molecule is Cc1ccc2c(c1)sc1cc3c(cc12)Cc1cc2c(cc1-3)sc1cc3c(cc12)Cc1cc2c(cc1-3)sc1cc(C)ccc12. The van der Waals surface area contributed by atoms with E-state index in [0.717, 1.165) is 12.8 Å². The van der Waals surface area contributed by atoms with E-state index in [1.54, 1.807) is 0 Å². The van der Waals surface area contributed by atoms with Crippen molar-refractivity contribution in [2.45, 2.75) is 26.7 Å².